The first kappa shape index (κ1) is 26.3. The van der Waals surface area contributed by atoms with Crippen LogP contribution in [0.5, 0.6) is 5.75 Å². The Labute approximate surface area is 185 Å². The van der Waals surface area contributed by atoms with Crippen molar-refractivity contribution in [3.8, 4) is 5.75 Å². The van der Waals surface area contributed by atoms with Crippen LogP contribution in [0, 0.1) is 0 Å². The van der Waals surface area contributed by atoms with Gasteiger partial charge in [0.1, 0.15) is 11.4 Å². The number of rotatable bonds is 11. The van der Waals surface area contributed by atoms with E-state index in [1.165, 1.54) is 14.0 Å². The Balaban J connectivity index is 2.54. The van der Waals surface area contributed by atoms with Crippen LogP contribution in [-0.4, -0.2) is 55.2 Å². The maximum atomic E-state index is 12.5. The van der Waals surface area contributed by atoms with Crippen LogP contribution in [0.4, 0.5) is 10.5 Å². The summed E-state index contributed by atoms with van der Waals surface area (Å²) in [5.41, 5.74) is 0.439. The highest BCUT2D eigenvalue weighted by molar-refractivity contribution is 5.98. The number of nitrogens with zero attached hydrogens (tertiary/aromatic N) is 1. The molecule has 8 heteroatoms. The molecule has 0 bridgehead atoms. The lowest BCUT2D eigenvalue weighted by molar-refractivity contribution is -0.114. The van der Waals surface area contributed by atoms with E-state index >= 15 is 0 Å². The van der Waals surface area contributed by atoms with E-state index in [1.807, 2.05) is 20.8 Å². The largest absolute Gasteiger partial charge is 0.496 e. The molecule has 2 N–H and O–H groups in total. The number of anilines is 1. The summed E-state index contributed by atoms with van der Waals surface area (Å²) in [4.78, 5) is 37.8. The van der Waals surface area contributed by atoms with Gasteiger partial charge in [0.2, 0.25) is 5.91 Å². The molecular weight excluding hydrogens is 398 g/mol. The van der Waals surface area contributed by atoms with Gasteiger partial charge in [0.15, 0.2) is 0 Å². The summed E-state index contributed by atoms with van der Waals surface area (Å²) < 4.78 is 10.8. The molecule has 0 heterocycles. The standard InChI is InChI=1S/C23H37N3O5/c1-7-8-14-26(22(29)31-23(3,4)5)15-10-9-13-24-21(28)19-12-11-18(25-17(2)27)16-20(19)30-6/h11-12,16H,7-10,13-15H2,1-6H3,(H,24,28)(H,25,27). The van der Waals surface area contributed by atoms with Crippen LogP contribution in [0.15, 0.2) is 18.2 Å². The molecule has 0 aromatic heterocycles. The maximum absolute atomic E-state index is 12.5. The van der Waals surface area contributed by atoms with Crippen molar-refractivity contribution in [2.24, 2.45) is 0 Å². The Morgan fingerprint density at radius 2 is 1.74 bits per heavy atom. The lowest BCUT2D eigenvalue weighted by Crippen LogP contribution is -2.38. The molecule has 0 unspecified atom stereocenters. The number of nitrogens with one attached hydrogen (secondary N) is 2. The highest BCUT2D eigenvalue weighted by Crippen LogP contribution is 2.23. The van der Waals surface area contributed by atoms with E-state index in [1.54, 1.807) is 23.1 Å². The zero-order chi connectivity index (χ0) is 23.4. The van der Waals surface area contributed by atoms with E-state index < -0.39 is 5.60 Å². The van der Waals surface area contributed by atoms with Gasteiger partial charge in [-0.05, 0) is 52.2 Å². The van der Waals surface area contributed by atoms with Gasteiger partial charge in [-0.3, -0.25) is 9.59 Å². The van der Waals surface area contributed by atoms with Gasteiger partial charge >= 0.3 is 6.09 Å². The van der Waals surface area contributed by atoms with Crippen molar-refractivity contribution in [3.63, 3.8) is 0 Å². The number of amides is 3. The van der Waals surface area contributed by atoms with Crippen molar-refractivity contribution in [2.45, 2.75) is 65.9 Å². The van der Waals surface area contributed by atoms with E-state index in [0.717, 1.165) is 25.7 Å². The highest BCUT2D eigenvalue weighted by atomic mass is 16.6. The molecule has 1 aromatic rings. The minimum absolute atomic E-state index is 0.196. The lowest BCUT2D eigenvalue weighted by Gasteiger charge is -2.27. The minimum atomic E-state index is -0.524. The van der Waals surface area contributed by atoms with Gasteiger partial charge in [-0.2, -0.15) is 0 Å². The van der Waals surface area contributed by atoms with Crippen LogP contribution < -0.4 is 15.4 Å². The fourth-order valence-corrected chi connectivity index (χ4v) is 2.85. The molecule has 0 spiro atoms. The number of hydrogen-bond donors (Lipinski definition) is 2. The molecule has 0 aliphatic heterocycles. The lowest BCUT2D eigenvalue weighted by atomic mass is 10.1. The average molecular weight is 436 g/mol. The van der Waals surface area contributed by atoms with Crippen molar-refractivity contribution in [1.82, 2.24) is 10.2 Å². The van der Waals surface area contributed by atoms with Crippen molar-refractivity contribution in [1.29, 1.82) is 0 Å². The van der Waals surface area contributed by atoms with Crippen LogP contribution in [0.3, 0.4) is 0 Å². The second-order valence-corrected chi connectivity index (χ2v) is 8.38. The Bertz CT molecular complexity index is 743. The molecule has 1 aromatic carbocycles. The van der Waals surface area contributed by atoms with Crippen LogP contribution in [-0.2, 0) is 9.53 Å². The number of ether oxygens (including phenoxy) is 2. The zero-order valence-electron chi connectivity index (χ0n) is 19.7. The van der Waals surface area contributed by atoms with Gasteiger partial charge in [0.25, 0.3) is 5.91 Å². The molecule has 8 nitrogen and oxygen atoms in total. The molecule has 1 rings (SSSR count). The number of carbonyl (C=O) groups excluding carboxylic acids is 3. The minimum Gasteiger partial charge on any atom is -0.496 e. The van der Waals surface area contributed by atoms with Crippen molar-refractivity contribution in [2.75, 3.05) is 32.1 Å². The van der Waals surface area contributed by atoms with Gasteiger partial charge in [0.05, 0.1) is 12.7 Å². The Hall–Kier alpha value is -2.77. The molecule has 0 aliphatic carbocycles. The Morgan fingerprint density at radius 3 is 2.32 bits per heavy atom. The summed E-state index contributed by atoms with van der Waals surface area (Å²) in [6, 6.07) is 4.89. The van der Waals surface area contributed by atoms with Crippen molar-refractivity contribution >= 4 is 23.6 Å². The predicted octanol–water partition coefficient (Wildman–Crippen LogP) is 4.20. The van der Waals surface area contributed by atoms with Crippen molar-refractivity contribution in [3.05, 3.63) is 23.8 Å². The average Bonchev–Trinajstić information content (AvgIpc) is 2.67. The van der Waals surface area contributed by atoms with Gasteiger partial charge < -0.3 is 25.0 Å². The van der Waals surface area contributed by atoms with E-state index in [0.29, 0.717) is 36.6 Å². The normalized spacial score (nSPS) is 10.9. The third-order valence-electron chi connectivity index (χ3n) is 4.34. The smallest absolute Gasteiger partial charge is 0.410 e. The summed E-state index contributed by atoms with van der Waals surface area (Å²) in [5, 5.41) is 5.54. The Kier molecular flexibility index (Phi) is 10.9. The molecule has 0 saturated heterocycles. The number of unbranched alkanes of at least 4 members (excludes halogenated alkanes) is 2. The zero-order valence-corrected chi connectivity index (χ0v) is 19.7. The van der Waals surface area contributed by atoms with Crippen molar-refractivity contribution < 1.29 is 23.9 Å². The Morgan fingerprint density at radius 1 is 1.06 bits per heavy atom. The molecule has 174 valence electrons. The molecule has 0 aliphatic rings. The summed E-state index contributed by atoms with van der Waals surface area (Å²) in [7, 11) is 1.48. The van der Waals surface area contributed by atoms with Crippen LogP contribution >= 0.6 is 0 Å². The van der Waals surface area contributed by atoms with Crippen LogP contribution in [0.1, 0.15) is 70.7 Å². The quantitative estimate of drug-likeness (QED) is 0.508. The molecular formula is C23H37N3O5. The van der Waals surface area contributed by atoms with Crippen LogP contribution in [0.25, 0.3) is 0 Å². The molecule has 0 atom stereocenters. The monoisotopic (exact) mass is 435 g/mol. The van der Waals surface area contributed by atoms with E-state index in [9.17, 15) is 14.4 Å². The topological polar surface area (TPSA) is 97.0 Å². The fourth-order valence-electron chi connectivity index (χ4n) is 2.85. The molecule has 31 heavy (non-hydrogen) atoms. The van der Waals surface area contributed by atoms with Crippen LogP contribution in [0.2, 0.25) is 0 Å². The summed E-state index contributed by atoms with van der Waals surface area (Å²) >= 11 is 0. The summed E-state index contributed by atoms with van der Waals surface area (Å²) in [6.45, 7) is 10.8. The number of carbonyl (C=O) groups is 3. The SMILES string of the molecule is CCCCN(CCCCNC(=O)c1ccc(NC(C)=O)cc1OC)C(=O)OC(C)(C)C. The number of hydrogen-bond acceptors (Lipinski definition) is 5. The maximum Gasteiger partial charge on any atom is 0.410 e. The molecule has 0 fully saturated rings. The molecule has 3 amide bonds. The van der Waals surface area contributed by atoms with Gasteiger partial charge in [-0.25, -0.2) is 4.79 Å². The first-order chi connectivity index (χ1) is 14.6. The summed E-state index contributed by atoms with van der Waals surface area (Å²) in [5.74, 6) is -0.0563. The first-order valence-electron chi connectivity index (χ1n) is 10.8. The highest BCUT2D eigenvalue weighted by Gasteiger charge is 2.21. The third kappa shape index (κ3) is 10.2. The van der Waals surface area contributed by atoms with Gasteiger partial charge in [-0.15, -0.1) is 0 Å². The predicted molar refractivity (Wildman–Crippen MR) is 122 cm³/mol. The second kappa shape index (κ2) is 12.8. The first-order valence-corrected chi connectivity index (χ1v) is 10.8. The number of benzene rings is 1. The third-order valence-corrected chi connectivity index (χ3v) is 4.34. The number of methoxy groups -OCH3 is 1. The van der Waals surface area contributed by atoms with E-state index in [-0.39, 0.29) is 17.9 Å². The molecule has 0 saturated carbocycles. The molecule has 0 radical (unpaired) electrons. The van der Waals surface area contributed by atoms with Gasteiger partial charge in [-0.1, -0.05) is 13.3 Å². The van der Waals surface area contributed by atoms with Gasteiger partial charge in [0, 0.05) is 38.3 Å². The second-order valence-electron chi connectivity index (χ2n) is 8.38. The summed E-state index contributed by atoms with van der Waals surface area (Å²) in [6.07, 6.45) is 3.10. The van der Waals surface area contributed by atoms with E-state index in [2.05, 4.69) is 17.6 Å². The van der Waals surface area contributed by atoms with E-state index in [4.69, 9.17) is 9.47 Å². The fraction of sp³-hybridized carbons (Fsp3) is 0.609.